The molecule has 2 heterocycles. The monoisotopic (exact) mass is 682 g/mol. The molecule has 8 aromatic rings. The molecule has 1 aliphatic carbocycles. The third-order valence-corrected chi connectivity index (χ3v) is 10.4. The Bertz CT molecular complexity index is 2560. The molecule has 0 spiro atoms. The van der Waals surface area contributed by atoms with E-state index in [-0.39, 0.29) is 5.41 Å². The zero-order chi connectivity index (χ0) is 36.1. The van der Waals surface area contributed by atoms with E-state index in [0.29, 0.717) is 5.82 Å². The topological polar surface area (TPSA) is 51.6 Å². The van der Waals surface area contributed by atoms with E-state index in [1.165, 1.54) is 22.3 Å². The van der Waals surface area contributed by atoms with Crippen LogP contribution in [-0.2, 0) is 5.41 Å². The third-order valence-electron chi connectivity index (χ3n) is 10.4. The molecule has 0 N–H and O–H groups in total. The summed E-state index contributed by atoms with van der Waals surface area (Å²) < 4.78 is 0. The maximum atomic E-state index is 5.22. The molecule has 0 amide bonds. The minimum atomic E-state index is -0.0572. The van der Waals surface area contributed by atoms with Gasteiger partial charge in [0.05, 0.1) is 11.4 Å². The van der Waals surface area contributed by atoms with Crippen LogP contribution in [0.25, 0.3) is 78.7 Å². The van der Waals surface area contributed by atoms with Gasteiger partial charge in [0.25, 0.3) is 0 Å². The van der Waals surface area contributed by atoms with Gasteiger partial charge in [-0.15, -0.1) is 0 Å². The molecule has 53 heavy (non-hydrogen) atoms. The van der Waals surface area contributed by atoms with Crippen LogP contribution in [0, 0.1) is 13.8 Å². The molecular weight excluding hydrogens is 645 g/mol. The number of nitrogens with zero attached hydrogens (tertiary/aromatic N) is 4. The summed E-state index contributed by atoms with van der Waals surface area (Å²) >= 11 is 0. The van der Waals surface area contributed by atoms with E-state index in [0.717, 1.165) is 73.1 Å². The van der Waals surface area contributed by atoms with Crippen molar-refractivity contribution in [1.29, 1.82) is 0 Å². The summed E-state index contributed by atoms with van der Waals surface area (Å²) in [5.41, 5.74) is 17.4. The Balaban J connectivity index is 1.23. The predicted octanol–water partition coefficient (Wildman–Crippen LogP) is 12.2. The molecule has 0 radical (unpaired) electrons. The van der Waals surface area contributed by atoms with Gasteiger partial charge in [0.1, 0.15) is 0 Å². The van der Waals surface area contributed by atoms with Gasteiger partial charge in [0.2, 0.25) is 0 Å². The standard InChI is InChI=1S/C49H38N4/c1-31-25-32(2)51-47(50-31)36-21-19-33(20-22-36)38-26-39(37-23-24-44-42(29-37)41-17-11-12-18-43(41)49(44,3)4)28-40(27-38)48-52-45(34-13-7-5-8-14-34)30-46(53-48)35-15-9-6-10-16-35/h5-30H,1-4H3. The highest BCUT2D eigenvalue weighted by Crippen LogP contribution is 2.49. The number of benzene rings is 6. The minimum absolute atomic E-state index is 0.0572. The predicted molar refractivity (Wildman–Crippen MR) is 217 cm³/mol. The highest BCUT2D eigenvalue weighted by molar-refractivity contribution is 5.87. The summed E-state index contributed by atoms with van der Waals surface area (Å²) in [7, 11) is 0. The third kappa shape index (κ3) is 6.02. The first-order valence-electron chi connectivity index (χ1n) is 18.1. The largest absolute Gasteiger partial charge is 0.233 e. The number of aromatic nitrogens is 4. The summed E-state index contributed by atoms with van der Waals surface area (Å²) in [5, 5.41) is 0. The van der Waals surface area contributed by atoms with E-state index in [2.05, 4.69) is 153 Å². The van der Waals surface area contributed by atoms with Gasteiger partial charge in [-0.05, 0) is 94.8 Å². The molecule has 6 aromatic carbocycles. The van der Waals surface area contributed by atoms with Crippen LogP contribution < -0.4 is 0 Å². The van der Waals surface area contributed by atoms with E-state index >= 15 is 0 Å². The van der Waals surface area contributed by atoms with Crippen LogP contribution in [0.1, 0.15) is 36.4 Å². The van der Waals surface area contributed by atoms with Crippen LogP contribution in [0.15, 0.2) is 158 Å². The summed E-state index contributed by atoms with van der Waals surface area (Å²) in [6, 6.07) is 55.9. The molecule has 0 unspecified atom stereocenters. The maximum absolute atomic E-state index is 5.22. The first kappa shape index (κ1) is 32.4. The van der Waals surface area contributed by atoms with Crippen molar-refractivity contribution in [3.63, 3.8) is 0 Å². The van der Waals surface area contributed by atoms with Crippen LogP contribution in [0.5, 0.6) is 0 Å². The van der Waals surface area contributed by atoms with Crippen molar-refractivity contribution in [3.8, 4) is 78.7 Å². The zero-order valence-electron chi connectivity index (χ0n) is 30.3. The summed E-state index contributed by atoms with van der Waals surface area (Å²) in [6.45, 7) is 8.67. The van der Waals surface area contributed by atoms with Crippen molar-refractivity contribution in [2.75, 3.05) is 0 Å². The van der Waals surface area contributed by atoms with Gasteiger partial charge in [-0.1, -0.05) is 135 Å². The second-order valence-electron chi connectivity index (χ2n) is 14.5. The molecule has 254 valence electrons. The first-order valence-corrected chi connectivity index (χ1v) is 18.1. The number of hydrogen-bond acceptors (Lipinski definition) is 4. The lowest BCUT2D eigenvalue weighted by Gasteiger charge is -2.21. The molecule has 0 bridgehead atoms. The maximum Gasteiger partial charge on any atom is 0.160 e. The summed E-state index contributed by atoms with van der Waals surface area (Å²) in [4.78, 5) is 19.9. The van der Waals surface area contributed by atoms with Crippen molar-refractivity contribution in [2.24, 2.45) is 0 Å². The number of fused-ring (bicyclic) bond motifs is 3. The fourth-order valence-electron chi connectivity index (χ4n) is 7.75. The molecule has 0 atom stereocenters. The number of hydrogen-bond donors (Lipinski definition) is 0. The number of rotatable bonds is 6. The smallest absolute Gasteiger partial charge is 0.160 e. The average molecular weight is 683 g/mol. The number of aryl methyl sites for hydroxylation is 2. The molecule has 4 heteroatoms. The van der Waals surface area contributed by atoms with E-state index < -0.39 is 0 Å². The molecule has 0 fully saturated rings. The summed E-state index contributed by atoms with van der Waals surface area (Å²) in [5.74, 6) is 1.42. The molecule has 4 nitrogen and oxygen atoms in total. The molecule has 9 rings (SSSR count). The highest BCUT2D eigenvalue weighted by atomic mass is 14.9. The average Bonchev–Trinajstić information content (AvgIpc) is 3.43. The molecule has 0 aliphatic heterocycles. The van der Waals surface area contributed by atoms with E-state index in [9.17, 15) is 0 Å². The Morgan fingerprint density at radius 1 is 0.340 bits per heavy atom. The van der Waals surface area contributed by atoms with Gasteiger partial charge in [0.15, 0.2) is 11.6 Å². The summed E-state index contributed by atoms with van der Waals surface area (Å²) in [6.07, 6.45) is 0. The molecular formula is C49H38N4. The Hall–Kier alpha value is -6.52. The van der Waals surface area contributed by atoms with Crippen LogP contribution in [0.4, 0.5) is 0 Å². The van der Waals surface area contributed by atoms with Crippen LogP contribution in [0.2, 0.25) is 0 Å². The normalized spacial score (nSPS) is 12.7. The lowest BCUT2D eigenvalue weighted by molar-refractivity contribution is 0.660. The van der Waals surface area contributed by atoms with Gasteiger partial charge in [-0.2, -0.15) is 0 Å². The van der Waals surface area contributed by atoms with Crippen LogP contribution in [-0.4, -0.2) is 19.9 Å². The van der Waals surface area contributed by atoms with Crippen molar-refractivity contribution in [2.45, 2.75) is 33.1 Å². The molecule has 0 saturated heterocycles. The zero-order valence-corrected chi connectivity index (χ0v) is 30.3. The fraction of sp³-hybridized carbons (Fsp3) is 0.102. The van der Waals surface area contributed by atoms with Crippen molar-refractivity contribution < 1.29 is 0 Å². The minimum Gasteiger partial charge on any atom is -0.233 e. The van der Waals surface area contributed by atoms with Gasteiger partial charge in [0, 0.05) is 39.1 Å². The lowest BCUT2D eigenvalue weighted by Crippen LogP contribution is -2.14. The Morgan fingerprint density at radius 3 is 1.47 bits per heavy atom. The second-order valence-corrected chi connectivity index (χ2v) is 14.5. The van der Waals surface area contributed by atoms with Gasteiger partial charge in [-0.25, -0.2) is 19.9 Å². The highest BCUT2D eigenvalue weighted by Gasteiger charge is 2.35. The molecule has 0 saturated carbocycles. The lowest BCUT2D eigenvalue weighted by atomic mass is 9.82. The van der Waals surface area contributed by atoms with Crippen molar-refractivity contribution >= 4 is 0 Å². The Kier molecular flexibility index (Phi) is 7.89. The van der Waals surface area contributed by atoms with Crippen LogP contribution in [0.3, 0.4) is 0 Å². The van der Waals surface area contributed by atoms with E-state index in [1.807, 2.05) is 32.0 Å². The van der Waals surface area contributed by atoms with Gasteiger partial charge < -0.3 is 0 Å². The Morgan fingerprint density at radius 2 is 0.830 bits per heavy atom. The fourth-order valence-corrected chi connectivity index (χ4v) is 7.75. The van der Waals surface area contributed by atoms with E-state index in [4.69, 9.17) is 19.9 Å². The SMILES string of the molecule is Cc1cc(C)nc(-c2ccc(-c3cc(-c4ccc5c(c4)-c4ccccc4C5(C)C)cc(-c4nc(-c5ccccc5)cc(-c5ccccc5)n4)c3)cc2)n1. The van der Waals surface area contributed by atoms with Gasteiger partial charge in [-0.3, -0.25) is 0 Å². The van der Waals surface area contributed by atoms with E-state index in [1.54, 1.807) is 0 Å². The Labute approximate surface area is 311 Å². The van der Waals surface area contributed by atoms with Crippen molar-refractivity contribution in [3.05, 3.63) is 180 Å². The first-order chi connectivity index (χ1) is 25.8. The quantitative estimate of drug-likeness (QED) is 0.175. The van der Waals surface area contributed by atoms with Gasteiger partial charge >= 0.3 is 0 Å². The molecule has 1 aliphatic rings. The van der Waals surface area contributed by atoms with Crippen LogP contribution >= 0.6 is 0 Å². The second kappa shape index (κ2) is 12.9. The van der Waals surface area contributed by atoms with Crippen molar-refractivity contribution in [1.82, 2.24) is 19.9 Å². The molecule has 2 aromatic heterocycles.